The largest absolute Gasteiger partial charge is 0.311 e. The fourth-order valence-corrected chi connectivity index (χ4v) is 3.32. The minimum Gasteiger partial charge on any atom is -0.311 e. The molecule has 1 N–H and O–H groups in total. The lowest BCUT2D eigenvalue weighted by molar-refractivity contribution is 0.143. The summed E-state index contributed by atoms with van der Waals surface area (Å²) in [6.07, 6.45) is 7.14. The first-order valence-corrected chi connectivity index (χ1v) is 6.43. The molecule has 1 nitrogen and oxygen atoms in total. The predicted molar refractivity (Wildman–Crippen MR) is 61.3 cm³/mol. The van der Waals surface area contributed by atoms with Crippen LogP contribution in [0.15, 0.2) is 0 Å². The molecule has 0 bridgehead atoms. The van der Waals surface area contributed by atoms with Crippen LogP contribution in [0, 0.1) is 17.8 Å². The third-order valence-corrected chi connectivity index (χ3v) is 4.35. The van der Waals surface area contributed by atoms with Crippen molar-refractivity contribution in [3.05, 3.63) is 0 Å². The fraction of sp³-hybridized carbons (Fsp3) is 1.00. The molecule has 1 heteroatoms. The van der Waals surface area contributed by atoms with Crippen molar-refractivity contribution in [2.45, 2.75) is 65.0 Å². The van der Waals surface area contributed by atoms with Crippen molar-refractivity contribution in [1.29, 1.82) is 0 Å². The van der Waals surface area contributed by atoms with Crippen LogP contribution in [0.1, 0.15) is 52.9 Å². The van der Waals surface area contributed by atoms with E-state index in [1.165, 1.54) is 32.1 Å². The van der Waals surface area contributed by atoms with Crippen LogP contribution < -0.4 is 5.32 Å². The van der Waals surface area contributed by atoms with Gasteiger partial charge in [0.2, 0.25) is 0 Å². The number of hydrogen-bond donors (Lipinski definition) is 1. The molecule has 0 aromatic carbocycles. The van der Waals surface area contributed by atoms with Crippen molar-refractivity contribution in [3.8, 4) is 0 Å². The van der Waals surface area contributed by atoms with Crippen LogP contribution in [0.5, 0.6) is 0 Å². The molecule has 82 valence electrons. The highest BCUT2D eigenvalue weighted by atomic mass is 15.0. The molecule has 0 spiro atoms. The molecule has 0 aromatic heterocycles. The van der Waals surface area contributed by atoms with Gasteiger partial charge in [0.1, 0.15) is 0 Å². The molecule has 2 saturated carbocycles. The van der Waals surface area contributed by atoms with Crippen LogP contribution in [0.4, 0.5) is 0 Å². The molecule has 0 amide bonds. The number of rotatable bonds is 2. The van der Waals surface area contributed by atoms with Gasteiger partial charge in [-0.3, -0.25) is 0 Å². The van der Waals surface area contributed by atoms with Crippen molar-refractivity contribution in [2.75, 3.05) is 0 Å². The highest BCUT2D eigenvalue weighted by Crippen LogP contribution is 2.33. The molecule has 2 aliphatic carbocycles. The minimum atomic E-state index is 0.807. The normalized spacial score (nSPS) is 48.6. The quantitative estimate of drug-likeness (QED) is 0.713. The molecule has 2 unspecified atom stereocenters. The van der Waals surface area contributed by atoms with Gasteiger partial charge in [0, 0.05) is 12.1 Å². The molecule has 2 rings (SSSR count). The van der Waals surface area contributed by atoms with E-state index in [0.717, 1.165) is 29.8 Å². The monoisotopic (exact) mass is 195 g/mol. The Morgan fingerprint density at radius 3 is 2.00 bits per heavy atom. The van der Waals surface area contributed by atoms with Gasteiger partial charge < -0.3 is 5.32 Å². The Morgan fingerprint density at radius 2 is 1.50 bits per heavy atom. The van der Waals surface area contributed by atoms with Gasteiger partial charge in [0.25, 0.3) is 0 Å². The van der Waals surface area contributed by atoms with E-state index < -0.39 is 0 Å². The van der Waals surface area contributed by atoms with E-state index >= 15 is 0 Å². The Kier molecular flexibility index (Phi) is 3.16. The van der Waals surface area contributed by atoms with E-state index in [9.17, 15) is 0 Å². The lowest BCUT2D eigenvalue weighted by atomic mass is 9.75. The summed E-state index contributed by atoms with van der Waals surface area (Å²) in [5, 5.41) is 3.89. The van der Waals surface area contributed by atoms with Gasteiger partial charge in [0.15, 0.2) is 0 Å². The summed E-state index contributed by atoms with van der Waals surface area (Å²) >= 11 is 0. The lowest BCUT2D eigenvalue weighted by Crippen LogP contribution is -2.51. The smallest absolute Gasteiger partial charge is 0.0121 e. The number of nitrogens with one attached hydrogen (secondary N) is 1. The van der Waals surface area contributed by atoms with E-state index in [2.05, 4.69) is 26.1 Å². The molecule has 0 aliphatic heterocycles. The highest BCUT2D eigenvalue weighted by Gasteiger charge is 2.33. The van der Waals surface area contributed by atoms with Gasteiger partial charge in [-0.2, -0.15) is 0 Å². The van der Waals surface area contributed by atoms with Crippen molar-refractivity contribution >= 4 is 0 Å². The summed E-state index contributed by atoms with van der Waals surface area (Å²) in [7, 11) is 0. The zero-order valence-corrected chi connectivity index (χ0v) is 9.92. The van der Waals surface area contributed by atoms with E-state index in [0.29, 0.717) is 0 Å². The summed E-state index contributed by atoms with van der Waals surface area (Å²) in [5.41, 5.74) is 0. The fourth-order valence-electron chi connectivity index (χ4n) is 3.32. The average molecular weight is 195 g/mol. The maximum absolute atomic E-state index is 3.89. The zero-order valence-electron chi connectivity index (χ0n) is 9.92. The second kappa shape index (κ2) is 4.22. The van der Waals surface area contributed by atoms with E-state index in [-0.39, 0.29) is 0 Å². The molecule has 0 heterocycles. The maximum atomic E-state index is 3.89. The maximum Gasteiger partial charge on any atom is 0.0121 e. The first kappa shape index (κ1) is 10.5. The molecule has 2 aliphatic rings. The summed E-state index contributed by atoms with van der Waals surface area (Å²) < 4.78 is 0. The van der Waals surface area contributed by atoms with Crippen molar-refractivity contribution in [1.82, 2.24) is 5.32 Å². The Balaban J connectivity index is 1.82. The van der Waals surface area contributed by atoms with Crippen molar-refractivity contribution < 1.29 is 0 Å². The SMILES string of the molecule is CC1CC(NC2C(C)CCCC2C)C1. The summed E-state index contributed by atoms with van der Waals surface area (Å²) in [5.74, 6) is 2.77. The average Bonchev–Trinajstić information content (AvgIpc) is 2.08. The molecule has 0 radical (unpaired) electrons. The Morgan fingerprint density at radius 1 is 0.929 bits per heavy atom. The minimum absolute atomic E-state index is 0.807. The van der Waals surface area contributed by atoms with Crippen molar-refractivity contribution in [3.63, 3.8) is 0 Å². The number of hydrogen-bond acceptors (Lipinski definition) is 1. The third kappa shape index (κ3) is 2.13. The van der Waals surface area contributed by atoms with E-state index in [1.54, 1.807) is 0 Å². The lowest BCUT2D eigenvalue weighted by Gasteiger charge is -2.42. The molecular weight excluding hydrogens is 170 g/mol. The molecule has 14 heavy (non-hydrogen) atoms. The van der Waals surface area contributed by atoms with Crippen LogP contribution >= 0.6 is 0 Å². The molecule has 0 saturated heterocycles. The van der Waals surface area contributed by atoms with Gasteiger partial charge in [-0.25, -0.2) is 0 Å². The second-order valence-electron chi connectivity index (χ2n) is 5.85. The first-order valence-electron chi connectivity index (χ1n) is 6.43. The molecule has 0 aromatic rings. The van der Waals surface area contributed by atoms with Crippen LogP contribution in [-0.4, -0.2) is 12.1 Å². The van der Waals surface area contributed by atoms with Gasteiger partial charge in [0.05, 0.1) is 0 Å². The van der Waals surface area contributed by atoms with Crippen LogP contribution in [0.3, 0.4) is 0 Å². The molecule has 2 fully saturated rings. The van der Waals surface area contributed by atoms with Gasteiger partial charge in [-0.1, -0.05) is 27.2 Å². The Bertz CT molecular complexity index is 174. The first-order chi connectivity index (χ1) is 6.66. The van der Waals surface area contributed by atoms with Crippen LogP contribution in [0.25, 0.3) is 0 Å². The van der Waals surface area contributed by atoms with Gasteiger partial charge >= 0.3 is 0 Å². The second-order valence-corrected chi connectivity index (χ2v) is 5.85. The van der Waals surface area contributed by atoms with E-state index in [1.807, 2.05) is 0 Å². The third-order valence-electron chi connectivity index (χ3n) is 4.35. The van der Waals surface area contributed by atoms with Gasteiger partial charge in [-0.15, -0.1) is 0 Å². The summed E-state index contributed by atoms with van der Waals surface area (Å²) in [4.78, 5) is 0. The van der Waals surface area contributed by atoms with Crippen LogP contribution in [0.2, 0.25) is 0 Å². The molecular formula is C13H25N. The Labute approximate surface area is 88.7 Å². The summed E-state index contributed by atoms with van der Waals surface area (Å²) in [6, 6.07) is 1.65. The Hall–Kier alpha value is -0.0400. The highest BCUT2D eigenvalue weighted by molar-refractivity contribution is 4.90. The predicted octanol–water partition coefficient (Wildman–Crippen LogP) is 3.20. The molecule has 2 atom stereocenters. The topological polar surface area (TPSA) is 12.0 Å². The zero-order chi connectivity index (χ0) is 10.1. The van der Waals surface area contributed by atoms with Gasteiger partial charge in [-0.05, 0) is 43.4 Å². The van der Waals surface area contributed by atoms with Crippen LogP contribution in [-0.2, 0) is 0 Å². The standard InChI is InChI=1S/C13H25N/c1-9-7-12(8-9)14-13-10(2)5-4-6-11(13)3/h9-14H,4-8H2,1-3H3. The summed E-state index contributed by atoms with van der Waals surface area (Å²) in [6.45, 7) is 7.22. The van der Waals surface area contributed by atoms with E-state index in [4.69, 9.17) is 0 Å². The van der Waals surface area contributed by atoms with Crippen molar-refractivity contribution in [2.24, 2.45) is 17.8 Å².